The van der Waals surface area contributed by atoms with Crippen molar-refractivity contribution < 1.29 is 14.0 Å². The van der Waals surface area contributed by atoms with E-state index < -0.39 is 0 Å². The summed E-state index contributed by atoms with van der Waals surface area (Å²) in [5, 5.41) is 5.55. The van der Waals surface area contributed by atoms with Gasteiger partial charge in [-0.2, -0.15) is 0 Å². The molecule has 6 nitrogen and oxygen atoms in total. The zero-order valence-corrected chi connectivity index (χ0v) is 18.3. The second kappa shape index (κ2) is 10.1. The average molecular weight is 444 g/mol. The highest BCUT2D eigenvalue weighted by atomic mass is 32.2. The molecule has 1 N–H and O–H groups in total. The monoisotopic (exact) mass is 443 g/mol. The molecule has 1 aliphatic rings. The first kappa shape index (κ1) is 20.9. The standard InChI is InChI=1S/C22H25N3O3S2/c26-20(23-16-7-2-1-3-8-16)14-25(13-17-9-6-12-29-17)21(27)15-30-22-24-18-10-4-5-11-19(18)28-22/h4-6,9-12,16H,1-3,7-8,13-15H2,(H,23,26). The SMILES string of the molecule is O=C(CN(Cc1cccs1)C(=O)CSc1nc2ccccc2o1)NC1CCCCC1. The highest BCUT2D eigenvalue weighted by Crippen LogP contribution is 2.24. The van der Waals surface area contributed by atoms with E-state index in [9.17, 15) is 9.59 Å². The number of amides is 2. The highest BCUT2D eigenvalue weighted by molar-refractivity contribution is 7.99. The first-order valence-electron chi connectivity index (χ1n) is 10.3. The first-order chi connectivity index (χ1) is 14.7. The molecule has 2 heterocycles. The van der Waals surface area contributed by atoms with E-state index in [2.05, 4.69) is 10.3 Å². The average Bonchev–Trinajstić information content (AvgIpc) is 3.41. The van der Waals surface area contributed by atoms with Gasteiger partial charge < -0.3 is 14.6 Å². The van der Waals surface area contributed by atoms with Gasteiger partial charge in [0.05, 0.1) is 18.8 Å². The lowest BCUT2D eigenvalue weighted by molar-refractivity contribution is -0.134. The van der Waals surface area contributed by atoms with Crippen molar-refractivity contribution in [2.24, 2.45) is 0 Å². The summed E-state index contributed by atoms with van der Waals surface area (Å²) < 4.78 is 5.69. The zero-order chi connectivity index (χ0) is 20.8. The van der Waals surface area contributed by atoms with Crippen molar-refractivity contribution in [2.45, 2.75) is 49.9 Å². The second-order valence-electron chi connectivity index (χ2n) is 7.47. The summed E-state index contributed by atoms with van der Waals surface area (Å²) in [6.45, 7) is 0.504. The molecule has 2 aromatic heterocycles. The molecular formula is C22H25N3O3S2. The Hall–Kier alpha value is -2.32. The molecule has 0 bridgehead atoms. The maximum absolute atomic E-state index is 12.9. The summed E-state index contributed by atoms with van der Waals surface area (Å²) in [6, 6.07) is 11.7. The number of nitrogens with one attached hydrogen (secondary N) is 1. The minimum absolute atomic E-state index is 0.0708. The zero-order valence-electron chi connectivity index (χ0n) is 16.7. The number of carbonyl (C=O) groups is 2. The van der Waals surface area contributed by atoms with Gasteiger partial charge in [0.2, 0.25) is 11.8 Å². The van der Waals surface area contributed by atoms with Crippen LogP contribution in [0.25, 0.3) is 11.1 Å². The van der Waals surface area contributed by atoms with Gasteiger partial charge in [0, 0.05) is 10.9 Å². The van der Waals surface area contributed by atoms with Crippen LogP contribution in [-0.4, -0.2) is 40.0 Å². The van der Waals surface area contributed by atoms with Crippen molar-refractivity contribution in [3.8, 4) is 0 Å². The molecule has 3 aromatic rings. The first-order valence-corrected chi connectivity index (χ1v) is 12.1. The number of hydrogen-bond donors (Lipinski definition) is 1. The van der Waals surface area contributed by atoms with Crippen LogP contribution in [0.5, 0.6) is 0 Å². The number of rotatable bonds is 8. The van der Waals surface area contributed by atoms with Crippen LogP contribution in [-0.2, 0) is 16.1 Å². The van der Waals surface area contributed by atoms with Crippen molar-refractivity contribution in [1.82, 2.24) is 15.2 Å². The topological polar surface area (TPSA) is 75.4 Å². The molecule has 0 atom stereocenters. The van der Waals surface area contributed by atoms with E-state index >= 15 is 0 Å². The van der Waals surface area contributed by atoms with Crippen LogP contribution in [0.15, 0.2) is 51.4 Å². The van der Waals surface area contributed by atoms with E-state index in [0.29, 0.717) is 17.4 Å². The number of fused-ring (bicyclic) bond motifs is 1. The van der Waals surface area contributed by atoms with Crippen molar-refractivity contribution in [2.75, 3.05) is 12.3 Å². The quantitative estimate of drug-likeness (QED) is 0.520. The van der Waals surface area contributed by atoms with Crippen molar-refractivity contribution in [3.05, 3.63) is 46.7 Å². The van der Waals surface area contributed by atoms with Gasteiger partial charge in [0.15, 0.2) is 5.58 Å². The number of carbonyl (C=O) groups excluding carboxylic acids is 2. The second-order valence-corrected chi connectivity index (χ2v) is 9.43. The van der Waals surface area contributed by atoms with Crippen LogP contribution in [0.2, 0.25) is 0 Å². The van der Waals surface area contributed by atoms with Crippen LogP contribution in [0, 0.1) is 0 Å². The fourth-order valence-corrected chi connectivity index (χ4v) is 5.10. The number of thioether (sulfide) groups is 1. The van der Waals surface area contributed by atoms with Gasteiger partial charge in [0.25, 0.3) is 5.22 Å². The highest BCUT2D eigenvalue weighted by Gasteiger charge is 2.22. The largest absolute Gasteiger partial charge is 0.431 e. The van der Waals surface area contributed by atoms with E-state index in [4.69, 9.17) is 4.42 Å². The number of hydrogen-bond acceptors (Lipinski definition) is 6. The van der Waals surface area contributed by atoms with Crippen molar-refractivity contribution >= 4 is 46.0 Å². The summed E-state index contributed by atoms with van der Waals surface area (Å²) >= 11 is 2.85. The molecule has 0 saturated heterocycles. The Morgan fingerprint density at radius 3 is 2.77 bits per heavy atom. The molecule has 0 radical (unpaired) electrons. The maximum Gasteiger partial charge on any atom is 0.257 e. The molecule has 0 unspecified atom stereocenters. The minimum Gasteiger partial charge on any atom is -0.431 e. The molecule has 1 saturated carbocycles. The third-order valence-corrected chi connectivity index (χ3v) is 6.85. The van der Waals surface area contributed by atoms with E-state index in [1.54, 1.807) is 16.2 Å². The van der Waals surface area contributed by atoms with Crippen LogP contribution in [0.4, 0.5) is 0 Å². The predicted molar refractivity (Wildman–Crippen MR) is 119 cm³/mol. The third-order valence-electron chi connectivity index (χ3n) is 5.18. The number of oxazole rings is 1. The number of aromatic nitrogens is 1. The van der Waals surface area contributed by atoms with E-state index in [1.807, 2.05) is 41.8 Å². The Balaban J connectivity index is 1.37. The van der Waals surface area contributed by atoms with Gasteiger partial charge in [-0.1, -0.05) is 49.2 Å². The normalized spacial score (nSPS) is 14.7. The lowest BCUT2D eigenvalue weighted by Gasteiger charge is -2.26. The molecular weight excluding hydrogens is 418 g/mol. The summed E-state index contributed by atoms with van der Waals surface area (Å²) in [4.78, 5) is 32.6. The van der Waals surface area contributed by atoms with Crippen LogP contribution in [0.3, 0.4) is 0 Å². The molecule has 1 fully saturated rings. The number of benzene rings is 1. The fourth-order valence-electron chi connectivity index (χ4n) is 3.64. The van der Waals surface area contributed by atoms with Crippen LogP contribution >= 0.6 is 23.1 Å². The van der Waals surface area contributed by atoms with Gasteiger partial charge in [0.1, 0.15) is 5.52 Å². The van der Waals surface area contributed by atoms with E-state index in [1.165, 1.54) is 18.2 Å². The molecule has 0 aliphatic heterocycles. The van der Waals surface area contributed by atoms with Gasteiger partial charge in [-0.15, -0.1) is 11.3 Å². The summed E-state index contributed by atoms with van der Waals surface area (Å²) in [5.74, 6) is -0.0114. The Labute approximate surface area is 184 Å². The number of para-hydroxylation sites is 2. The summed E-state index contributed by atoms with van der Waals surface area (Å²) in [5.41, 5.74) is 1.48. The Morgan fingerprint density at radius 1 is 1.17 bits per heavy atom. The lowest BCUT2D eigenvalue weighted by atomic mass is 9.95. The number of thiophene rings is 1. The van der Waals surface area contributed by atoms with Crippen molar-refractivity contribution in [1.29, 1.82) is 0 Å². The fraction of sp³-hybridized carbons (Fsp3) is 0.409. The Kier molecular flexibility index (Phi) is 7.07. The molecule has 4 rings (SSSR count). The van der Waals surface area contributed by atoms with Crippen LogP contribution < -0.4 is 5.32 Å². The molecule has 1 aromatic carbocycles. The summed E-state index contributed by atoms with van der Waals surface area (Å²) in [6.07, 6.45) is 5.60. The smallest absolute Gasteiger partial charge is 0.257 e. The molecule has 30 heavy (non-hydrogen) atoms. The third kappa shape index (κ3) is 5.64. The lowest BCUT2D eigenvalue weighted by Crippen LogP contribution is -2.44. The molecule has 8 heteroatoms. The number of nitrogens with zero attached hydrogens (tertiary/aromatic N) is 2. The van der Waals surface area contributed by atoms with Crippen molar-refractivity contribution in [3.63, 3.8) is 0 Å². The Morgan fingerprint density at radius 2 is 2.00 bits per heavy atom. The molecule has 2 amide bonds. The van der Waals surface area contributed by atoms with Gasteiger partial charge in [-0.25, -0.2) is 4.98 Å². The van der Waals surface area contributed by atoms with E-state index in [-0.39, 0.29) is 30.2 Å². The predicted octanol–water partition coefficient (Wildman–Crippen LogP) is 4.46. The molecule has 0 spiro atoms. The Bertz CT molecular complexity index is 948. The van der Waals surface area contributed by atoms with E-state index in [0.717, 1.165) is 36.1 Å². The van der Waals surface area contributed by atoms with Gasteiger partial charge in [-0.05, 0) is 36.4 Å². The minimum atomic E-state index is -0.102. The van der Waals surface area contributed by atoms with Gasteiger partial charge >= 0.3 is 0 Å². The molecule has 158 valence electrons. The summed E-state index contributed by atoms with van der Waals surface area (Å²) in [7, 11) is 0. The maximum atomic E-state index is 12.9. The molecule has 1 aliphatic carbocycles. The van der Waals surface area contributed by atoms with Crippen LogP contribution in [0.1, 0.15) is 37.0 Å². The van der Waals surface area contributed by atoms with Gasteiger partial charge in [-0.3, -0.25) is 9.59 Å².